The second kappa shape index (κ2) is 6.12. The van der Waals surface area contributed by atoms with E-state index in [1.165, 1.54) is 6.07 Å². The van der Waals surface area contributed by atoms with Crippen LogP contribution >= 0.6 is 46.4 Å². The number of hydrogen-bond acceptors (Lipinski definition) is 4. The SMILES string of the molecule is N#C/C(=N\Nc1cc(Cl)c(Cl)c(Cl)c1Cl)C(=N)N. The summed E-state index contributed by atoms with van der Waals surface area (Å²) >= 11 is 23.3. The number of halogens is 4. The van der Waals surface area contributed by atoms with Crippen molar-refractivity contribution >= 4 is 63.6 Å². The van der Waals surface area contributed by atoms with Gasteiger partial charge in [0.2, 0.25) is 5.71 Å². The van der Waals surface area contributed by atoms with E-state index in [4.69, 9.17) is 62.8 Å². The van der Waals surface area contributed by atoms with Gasteiger partial charge in [0.1, 0.15) is 6.07 Å². The van der Waals surface area contributed by atoms with E-state index < -0.39 is 5.84 Å². The Balaban J connectivity index is 3.15. The molecule has 0 radical (unpaired) electrons. The molecule has 9 heteroatoms. The summed E-state index contributed by atoms with van der Waals surface area (Å²) in [6.45, 7) is 0. The van der Waals surface area contributed by atoms with Gasteiger partial charge in [-0.3, -0.25) is 10.8 Å². The third-order valence-corrected chi connectivity index (χ3v) is 3.50. The Morgan fingerprint density at radius 1 is 1.28 bits per heavy atom. The number of nitrogens with two attached hydrogens (primary N) is 1. The molecule has 0 aliphatic heterocycles. The molecule has 4 N–H and O–H groups in total. The molecule has 18 heavy (non-hydrogen) atoms. The molecule has 0 heterocycles. The fraction of sp³-hybridized carbons (Fsp3) is 0. The Morgan fingerprint density at radius 2 is 1.89 bits per heavy atom. The van der Waals surface area contributed by atoms with Crippen molar-refractivity contribution in [2.75, 3.05) is 5.43 Å². The molecule has 1 aromatic carbocycles. The lowest BCUT2D eigenvalue weighted by molar-refractivity contribution is 1.33. The van der Waals surface area contributed by atoms with Crippen molar-refractivity contribution in [2.45, 2.75) is 0 Å². The summed E-state index contributed by atoms with van der Waals surface area (Å²) in [5.74, 6) is -0.479. The van der Waals surface area contributed by atoms with E-state index in [2.05, 4.69) is 10.5 Å². The molecule has 1 rings (SSSR count). The Labute approximate surface area is 123 Å². The van der Waals surface area contributed by atoms with Gasteiger partial charge < -0.3 is 5.73 Å². The van der Waals surface area contributed by atoms with Gasteiger partial charge in [-0.25, -0.2) is 0 Å². The fourth-order valence-corrected chi connectivity index (χ4v) is 1.76. The summed E-state index contributed by atoms with van der Waals surface area (Å²) in [7, 11) is 0. The van der Waals surface area contributed by atoms with Crippen molar-refractivity contribution in [3.63, 3.8) is 0 Å². The number of rotatable bonds is 3. The topological polar surface area (TPSA) is 98.0 Å². The summed E-state index contributed by atoms with van der Waals surface area (Å²) in [6, 6.07) is 3.02. The number of benzene rings is 1. The Bertz CT molecular complexity index is 575. The van der Waals surface area contributed by atoms with Crippen LogP contribution in [0.5, 0.6) is 0 Å². The van der Waals surface area contributed by atoms with Crippen LogP contribution in [-0.4, -0.2) is 11.5 Å². The van der Waals surface area contributed by atoms with Crippen molar-refractivity contribution in [1.29, 1.82) is 10.7 Å². The largest absolute Gasteiger partial charge is 0.382 e. The second-order valence-corrected chi connectivity index (χ2v) is 4.49. The van der Waals surface area contributed by atoms with E-state index in [1.54, 1.807) is 6.07 Å². The van der Waals surface area contributed by atoms with E-state index >= 15 is 0 Å². The van der Waals surface area contributed by atoms with Crippen molar-refractivity contribution in [2.24, 2.45) is 10.8 Å². The molecule has 0 saturated heterocycles. The summed E-state index contributed by atoms with van der Waals surface area (Å²) in [5, 5.41) is 19.8. The minimum atomic E-state index is -0.479. The molecule has 0 aliphatic carbocycles. The molecule has 0 atom stereocenters. The zero-order chi connectivity index (χ0) is 13.9. The normalized spacial score (nSPS) is 10.9. The van der Waals surface area contributed by atoms with E-state index in [0.29, 0.717) is 0 Å². The van der Waals surface area contributed by atoms with Crippen molar-refractivity contribution < 1.29 is 0 Å². The maximum atomic E-state index is 8.65. The average molecular weight is 325 g/mol. The first-order valence-electron chi connectivity index (χ1n) is 4.29. The molecule has 0 unspecified atom stereocenters. The van der Waals surface area contributed by atoms with E-state index in [0.717, 1.165) is 0 Å². The summed E-state index contributed by atoms with van der Waals surface area (Å²) in [5.41, 5.74) is 7.50. The predicted octanol–water partition coefficient (Wildman–Crippen LogP) is 3.53. The lowest BCUT2D eigenvalue weighted by Crippen LogP contribution is -2.21. The number of hydrazone groups is 1. The van der Waals surface area contributed by atoms with E-state index in [9.17, 15) is 0 Å². The van der Waals surface area contributed by atoms with Gasteiger partial charge in [0.15, 0.2) is 5.84 Å². The lowest BCUT2D eigenvalue weighted by atomic mass is 10.3. The van der Waals surface area contributed by atoms with Crippen LogP contribution in [0.1, 0.15) is 0 Å². The van der Waals surface area contributed by atoms with Crippen LogP contribution in [0.2, 0.25) is 20.1 Å². The van der Waals surface area contributed by atoms with Gasteiger partial charge in [0, 0.05) is 0 Å². The van der Waals surface area contributed by atoms with Crippen molar-refractivity contribution in [3.05, 3.63) is 26.2 Å². The molecule has 0 amide bonds. The third-order valence-electron chi connectivity index (χ3n) is 1.75. The van der Waals surface area contributed by atoms with Gasteiger partial charge in [0.05, 0.1) is 25.8 Å². The number of nitrogens with one attached hydrogen (secondary N) is 2. The van der Waals surface area contributed by atoms with Crippen LogP contribution in [0.3, 0.4) is 0 Å². The average Bonchev–Trinajstić information content (AvgIpc) is 2.33. The molecule has 0 aromatic heterocycles. The quantitative estimate of drug-likeness (QED) is 0.261. The highest BCUT2D eigenvalue weighted by Crippen LogP contribution is 2.40. The highest BCUT2D eigenvalue weighted by molar-refractivity contribution is 6.52. The Hall–Kier alpha value is -1.19. The molecule has 0 spiro atoms. The van der Waals surface area contributed by atoms with Crippen LogP contribution in [0.15, 0.2) is 11.2 Å². The summed E-state index contributed by atoms with van der Waals surface area (Å²) < 4.78 is 0. The number of amidine groups is 1. The van der Waals surface area contributed by atoms with Gasteiger partial charge in [-0.1, -0.05) is 46.4 Å². The highest BCUT2D eigenvalue weighted by Gasteiger charge is 2.13. The highest BCUT2D eigenvalue weighted by atomic mass is 35.5. The summed E-state index contributed by atoms with van der Waals surface area (Å²) in [6.07, 6.45) is 0. The van der Waals surface area contributed by atoms with Crippen LogP contribution in [0.4, 0.5) is 5.69 Å². The third kappa shape index (κ3) is 3.18. The monoisotopic (exact) mass is 323 g/mol. The molecule has 5 nitrogen and oxygen atoms in total. The first-order chi connectivity index (χ1) is 8.38. The number of hydrogen-bond donors (Lipinski definition) is 3. The Morgan fingerprint density at radius 3 is 2.39 bits per heavy atom. The summed E-state index contributed by atoms with van der Waals surface area (Å²) in [4.78, 5) is 0. The van der Waals surface area contributed by atoms with Crippen LogP contribution in [0, 0.1) is 16.7 Å². The zero-order valence-electron chi connectivity index (χ0n) is 8.56. The minimum absolute atomic E-state index is 0.0601. The molecular weight excluding hydrogens is 320 g/mol. The standard InChI is InChI=1S/C9H5Cl4N5/c10-3-1-4(7(12)8(13)6(3)11)17-18-5(2-14)9(15)16/h1,17H,(H3,15,16)/b18-5+. The smallest absolute Gasteiger partial charge is 0.201 e. The van der Waals surface area contributed by atoms with Crippen LogP contribution in [-0.2, 0) is 0 Å². The first-order valence-corrected chi connectivity index (χ1v) is 5.80. The lowest BCUT2D eigenvalue weighted by Gasteiger charge is -2.08. The van der Waals surface area contributed by atoms with Gasteiger partial charge in [0.25, 0.3) is 0 Å². The molecule has 0 saturated carbocycles. The van der Waals surface area contributed by atoms with E-state index in [1.807, 2.05) is 0 Å². The van der Waals surface area contributed by atoms with Crippen molar-refractivity contribution in [1.82, 2.24) is 0 Å². The molecule has 0 bridgehead atoms. The van der Waals surface area contributed by atoms with Gasteiger partial charge >= 0.3 is 0 Å². The molecular formula is C9H5Cl4N5. The minimum Gasteiger partial charge on any atom is -0.382 e. The number of nitriles is 1. The predicted molar refractivity (Wildman–Crippen MR) is 75.1 cm³/mol. The van der Waals surface area contributed by atoms with Gasteiger partial charge in [-0.15, -0.1) is 0 Å². The Kier molecular flexibility index (Phi) is 5.05. The maximum Gasteiger partial charge on any atom is 0.201 e. The second-order valence-electron chi connectivity index (χ2n) is 2.95. The molecule has 1 aromatic rings. The number of nitrogens with zero attached hydrogens (tertiary/aromatic N) is 2. The van der Waals surface area contributed by atoms with Gasteiger partial charge in [-0.2, -0.15) is 10.4 Å². The number of anilines is 1. The molecule has 94 valence electrons. The fourth-order valence-electron chi connectivity index (χ4n) is 0.916. The zero-order valence-corrected chi connectivity index (χ0v) is 11.6. The first kappa shape index (κ1) is 14.9. The molecule has 0 fully saturated rings. The maximum absolute atomic E-state index is 8.65. The van der Waals surface area contributed by atoms with Crippen LogP contribution in [0.25, 0.3) is 0 Å². The molecule has 0 aliphatic rings. The van der Waals surface area contributed by atoms with Crippen LogP contribution < -0.4 is 11.2 Å². The van der Waals surface area contributed by atoms with E-state index in [-0.39, 0.29) is 31.5 Å². The van der Waals surface area contributed by atoms with Gasteiger partial charge in [-0.05, 0) is 6.07 Å². The van der Waals surface area contributed by atoms with Crippen molar-refractivity contribution in [3.8, 4) is 6.07 Å².